The van der Waals surface area contributed by atoms with Gasteiger partial charge in [0.2, 0.25) is 0 Å². The van der Waals surface area contributed by atoms with Crippen LogP contribution in [0.3, 0.4) is 0 Å². The minimum absolute atomic E-state index is 0.0483. The van der Waals surface area contributed by atoms with Crippen molar-refractivity contribution in [2.45, 2.75) is 6.92 Å². The molecule has 9 nitrogen and oxygen atoms in total. The normalized spacial score (nSPS) is 11.9. The lowest BCUT2D eigenvalue weighted by Gasteiger charge is -2.12. The summed E-state index contributed by atoms with van der Waals surface area (Å²) in [6.07, 6.45) is 7.79. The molecule has 6 rings (SSSR count). The second-order valence-electron chi connectivity index (χ2n) is 9.82. The SMILES string of the molecule is CC=CC=Cc1ccc(N=Nc2c(O)c(C(=O)Nc3cccc([N+](=O)[O-])c3)cc3ccc4c5ccccc5[nH]c4c23)cc1. The third-order valence-corrected chi connectivity index (χ3v) is 7.04. The van der Waals surface area contributed by atoms with Gasteiger partial charge in [-0.05, 0) is 48.2 Å². The first-order chi connectivity index (χ1) is 20.9. The van der Waals surface area contributed by atoms with E-state index in [1.807, 2.05) is 91.9 Å². The first-order valence-corrected chi connectivity index (χ1v) is 13.5. The van der Waals surface area contributed by atoms with Crippen molar-refractivity contribution in [1.82, 2.24) is 4.98 Å². The summed E-state index contributed by atoms with van der Waals surface area (Å²) in [5.41, 5.74) is 3.34. The number of amides is 1. The molecule has 6 aromatic rings. The van der Waals surface area contributed by atoms with Crippen LogP contribution in [0.1, 0.15) is 22.8 Å². The number of aromatic amines is 1. The number of H-pyrrole nitrogens is 1. The van der Waals surface area contributed by atoms with Crippen molar-refractivity contribution in [1.29, 1.82) is 0 Å². The molecule has 1 aromatic heterocycles. The number of nitrogens with zero attached hydrogens (tertiary/aromatic N) is 3. The largest absolute Gasteiger partial charge is 0.505 e. The number of carbonyl (C=O) groups excluding carboxylic acids is 1. The number of benzene rings is 5. The summed E-state index contributed by atoms with van der Waals surface area (Å²) in [4.78, 5) is 27.5. The number of azo groups is 1. The Balaban J connectivity index is 1.48. The van der Waals surface area contributed by atoms with E-state index in [1.165, 1.54) is 24.3 Å². The van der Waals surface area contributed by atoms with E-state index in [0.29, 0.717) is 16.5 Å². The molecule has 0 aliphatic carbocycles. The van der Waals surface area contributed by atoms with Gasteiger partial charge in [-0.25, -0.2) is 0 Å². The third kappa shape index (κ3) is 5.34. The van der Waals surface area contributed by atoms with Gasteiger partial charge >= 0.3 is 0 Å². The zero-order valence-corrected chi connectivity index (χ0v) is 23.0. The van der Waals surface area contributed by atoms with E-state index >= 15 is 0 Å². The molecule has 0 aliphatic rings. The number of aromatic hydroxyl groups is 1. The summed E-state index contributed by atoms with van der Waals surface area (Å²) in [6, 6.07) is 26.3. The lowest BCUT2D eigenvalue weighted by molar-refractivity contribution is -0.384. The van der Waals surface area contributed by atoms with Crippen LogP contribution in [0, 0.1) is 10.1 Å². The number of phenols is 1. The van der Waals surface area contributed by atoms with E-state index in [0.717, 1.165) is 27.4 Å². The van der Waals surface area contributed by atoms with Crippen LogP contribution in [-0.2, 0) is 0 Å². The van der Waals surface area contributed by atoms with E-state index in [1.54, 1.807) is 6.07 Å². The average Bonchev–Trinajstić information content (AvgIpc) is 3.40. The molecule has 0 saturated heterocycles. The van der Waals surface area contributed by atoms with Crippen LogP contribution < -0.4 is 5.32 Å². The first kappa shape index (κ1) is 27.1. The van der Waals surface area contributed by atoms with Gasteiger partial charge in [0, 0.05) is 39.5 Å². The van der Waals surface area contributed by atoms with Crippen LogP contribution in [-0.4, -0.2) is 20.9 Å². The van der Waals surface area contributed by atoms with Gasteiger partial charge in [0.25, 0.3) is 11.6 Å². The number of fused-ring (bicyclic) bond motifs is 5. The van der Waals surface area contributed by atoms with E-state index in [2.05, 4.69) is 20.5 Å². The molecule has 1 amide bonds. The number of rotatable bonds is 7. The fourth-order valence-electron chi connectivity index (χ4n) is 4.98. The minimum Gasteiger partial charge on any atom is -0.505 e. The standard InChI is InChI=1S/C34H25N5O4/c1-2-3-4-8-21-13-16-23(17-14-21)37-38-32-30-22(15-18-27-26-11-5-6-12-29(26)36-31(27)30)19-28(33(32)40)34(41)35-24-9-7-10-25(20-24)39(42)43/h2-20,36,40H,1H3,(H,35,41). The van der Waals surface area contributed by atoms with Gasteiger partial charge in [0.05, 0.1) is 21.7 Å². The first-order valence-electron chi connectivity index (χ1n) is 13.5. The molecule has 0 bridgehead atoms. The van der Waals surface area contributed by atoms with Gasteiger partial charge in [-0.1, -0.05) is 72.8 Å². The minimum atomic E-state index is -0.648. The Hall–Kier alpha value is -6.09. The summed E-state index contributed by atoms with van der Waals surface area (Å²) in [7, 11) is 0. The number of phenolic OH excluding ortho intramolecular Hbond substituents is 1. The predicted molar refractivity (Wildman–Crippen MR) is 170 cm³/mol. The molecule has 5 aromatic carbocycles. The van der Waals surface area contributed by atoms with Crippen LogP contribution >= 0.6 is 0 Å². The molecule has 0 radical (unpaired) electrons. The highest BCUT2D eigenvalue weighted by molar-refractivity contribution is 6.22. The fourth-order valence-corrected chi connectivity index (χ4v) is 4.98. The van der Waals surface area contributed by atoms with Gasteiger partial charge in [0.15, 0.2) is 5.75 Å². The summed E-state index contributed by atoms with van der Waals surface area (Å²) in [5, 5.41) is 37.5. The smallest absolute Gasteiger partial charge is 0.271 e. The molecule has 9 heteroatoms. The summed E-state index contributed by atoms with van der Waals surface area (Å²) < 4.78 is 0. The van der Waals surface area contributed by atoms with E-state index in [9.17, 15) is 20.0 Å². The van der Waals surface area contributed by atoms with Gasteiger partial charge in [0.1, 0.15) is 5.69 Å². The number of nitro groups is 1. The van der Waals surface area contributed by atoms with Crippen molar-refractivity contribution in [3.8, 4) is 5.75 Å². The topological polar surface area (TPSA) is 133 Å². The molecule has 0 spiro atoms. The number of aromatic nitrogens is 1. The number of carbonyl (C=O) groups is 1. The maximum atomic E-state index is 13.4. The Bertz CT molecular complexity index is 2130. The molecule has 3 N–H and O–H groups in total. The van der Waals surface area contributed by atoms with Crippen molar-refractivity contribution in [3.63, 3.8) is 0 Å². The number of allylic oxidation sites excluding steroid dienone is 3. The Morgan fingerprint density at radius 3 is 2.53 bits per heavy atom. The molecule has 0 saturated carbocycles. The summed E-state index contributed by atoms with van der Waals surface area (Å²) in [5.74, 6) is -1.01. The highest BCUT2D eigenvalue weighted by Crippen LogP contribution is 2.44. The van der Waals surface area contributed by atoms with Crippen molar-refractivity contribution in [2.75, 3.05) is 5.32 Å². The van der Waals surface area contributed by atoms with Gasteiger partial charge in [-0.2, -0.15) is 5.11 Å². The lowest BCUT2D eigenvalue weighted by atomic mass is 10.00. The zero-order valence-electron chi connectivity index (χ0n) is 23.0. The van der Waals surface area contributed by atoms with Crippen molar-refractivity contribution in [2.24, 2.45) is 10.2 Å². The molecule has 0 unspecified atom stereocenters. The molecule has 0 fully saturated rings. The molecular weight excluding hydrogens is 542 g/mol. The fraction of sp³-hybridized carbons (Fsp3) is 0.0294. The Morgan fingerprint density at radius 1 is 0.930 bits per heavy atom. The van der Waals surface area contributed by atoms with Crippen molar-refractivity contribution < 1.29 is 14.8 Å². The van der Waals surface area contributed by atoms with Crippen LogP contribution in [0.5, 0.6) is 5.75 Å². The van der Waals surface area contributed by atoms with Crippen molar-refractivity contribution >= 4 is 67.3 Å². The maximum absolute atomic E-state index is 13.4. The second kappa shape index (κ2) is 11.4. The predicted octanol–water partition coefficient (Wildman–Crippen LogP) is 9.35. The van der Waals surface area contributed by atoms with Gasteiger partial charge < -0.3 is 15.4 Å². The maximum Gasteiger partial charge on any atom is 0.271 e. The van der Waals surface area contributed by atoms with Gasteiger partial charge in [-0.3, -0.25) is 14.9 Å². The second-order valence-corrected chi connectivity index (χ2v) is 9.82. The zero-order chi connectivity index (χ0) is 29.9. The molecule has 0 aliphatic heterocycles. The third-order valence-electron chi connectivity index (χ3n) is 7.04. The molecule has 43 heavy (non-hydrogen) atoms. The quantitative estimate of drug-likeness (QED) is 0.0767. The molecule has 1 heterocycles. The Kier molecular flexibility index (Phi) is 7.20. The summed E-state index contributed by atoms with van der Waals surface area (Å²) >= 11 is 0. The highest BCUT2D eigenvalue weighted by atomic mass is 16.6. The number of non-ortho nitro benzene ring substituents is 1. The van der Waals surface area contributed by atoms with Gasteiger partial charge in [-0.15, -0.1) is 5.11 Å². The Morgan fingerprint density at radius 2 is 1.74 bits per heavy atom. The van der Waals surface area contributed by atoms with Crippen molar-refractivity contribution in [3.05, 3.63) is 130 Å². The summed E-state index contributed by atoms with van der Waals surface area (Å²) in [6.45, 7) is 1.95. The molecular formula is C34H25N5O4. The number of hydrogen-bond donors (Lipinski definition) is 3. The van der Waals surface area contributed by atoms with Crippen LogP contribution in [0.2, 0.25) is 0 Å². The highest BCUT2D eigenvalue weighted by Gasteiger charge is 2.22. The van der Waals surface area contributed by atoms with Crippen LogP contribution in [0.25, 0.3) is 38.7 Å². The van der Waals surface area contributed by atoms with E-state index in [4.69, 9.17) is 0 Å². The lowest BCUT2D eigenvalue weighted by Crippen LogP contribution is -2.12. The molecule has 0 atom stereocenters. The van der Waals surface area contributed by atoms with Crippen LogP contribution in [0.15, 0.2) is 119 Å². The monoisotopic (exact) mass is 567 g/mol. The Labute approximate surface area is 245 Å². The van der Waals surface area contributed by atoms with E-state index in [-0.39, 0.29) is 28.4 Å². The number of hydrogen-bond acceptors (Lipinski definition) is 6. The van der Waals surface area contributed by atoms with Crippen LogP contribution in [0.4, 0.5) is 22.7 Å². The molecule has 210 valence electrons. The average molecular weight is 568 g/mol. The number of nitrogens with one attached hydrogen (secondary N) is 2. The van der Waals surface area contributed by atoms with E-state index < -0.39 is 10.8 Å². The number of nitro benzene ring substituents is 1. The number of para-hydroxylation sites is 1. The number of anilines is 1.